The molecular weight excluding hydrogens is 262 g/mol. The van der Waals surface area contributed by atoms with Gasteiger partial charge in [-0.05, 0) is 31.6 Å². The molecule has 1 saturated heterocycles. The second kappa shape index (κ2) is 5.52. The van der Waals surface area contributed by atoms with Crippen molar-refractivity contribution in [2.24, 2.45) is 11.8 Å². The van der Waals surface area contributed by atoms with E-state index in [2.05, 4.69) is 10.4 Å². The minimum Gasteiger partial charge on any atom is -0.351 e. The lowest BCUT2D eigenvalue weighted by Crippen LogP contribution is -2.36. The molecule has 1 aromatic heterocycles. The van der Waals surface area contributed by atoms with Gasteiger partial charge in [0.2, 0.25) is 0 Å². The van der Waals surface area contributed by atoms with Crippen molar-refractivity contribution >= 4 is 11.6 Å². The van der Waals surface area contributed by atoms with Crippen LogP contribution >= 0.6 is 0 Å². The highest BCUT2D eigenvalue weighted by molar-refractivity contribution is 5.50. The third kappa shape index (κ3) is 2.32. The van der Waals surface area contributed by atoms with Crippen molar-refractivity contribution in [2.45, 2.75) is 44.6 Å². The molecule has 0 aromatic carbocycles. The summed E-state index contributed by atoms with van der Waals surface area (Å²) in [7, 11) is 0. The summed E-state index contributed by atoms with van der Waals surface area (Å²) in [4.78, 5) is 6.04. The highest BCUT2D eigenvalue weighted by Crippen LogP contribution is 2.38. The Balaban J connectivity index is 1.90. The SMILES string of the molecule is NNc1nc(N2CCCC2C2CCCC2)c(F)cc1F. The van der Waals surface area contributed by atoms with Gasteiger partial charge >= 0.3 is 0 Å². The van der Waals surface area contributed by atoms with Gasteiger partial charge < -0.3 is 10.3 Å². The summed E-state index contributed by atoms with van der Waals surface area (Å²) in [5.41, 5.74) is 2.19. The van der Waals surface area contributed by atoms with Crippen LogP contribution in [0.1, 0.15) is 38.5 Å². The quantitative estimate of drug-likeness (QED) is 0.661. The molecule has 0 spiro atoms. The van der Waals surface area contributed by atoms with Crippen LogP contribution in [0.2, 0.25) is 0 Å². The second-order valence-electron chi connectivity index (χ2n) is 5.72. The molecule has 6 heteroatoms. The number of anilines is 2. The van der Waals surface area contributed by atoms with Gasteiger partial charge in [0.1, 0.15) is 0 Å². The van der Waals surface area contributed by atoms with Crippen molar-refractivity contribution in [3.8, 4) is 0 Å². The number of nitrogens with one attached hydrogen (secondary N) is 1. The van der Waals surface area contributed by atoms with Crippen LogP contribution < -0.4 is 16.2 Å². The molecule has 1 saturated carbocycles. The number of nitrogen functional groups attached to an aromatic ring is 1. The van der Waals surface area contributed by atoms with Crippen LogP contribution in [0, 0.1) is 17.6 Å². The lowest BCUT2D eigenvalue weighted by atomic mass is 9.96. The van der Waals surface area contributed by atoms with Gasteiger partial charge in [0.05, 0.1) is 0 Å². The third-order valence-electron chi connectivity index (χ3n) is 4.56. The Morgan fingerprint density at radius 3 is 2.60 bits per heavy atom. The molecule has 3 N–H and O–H groups in total. The summed E-state index contributed by atoms with van der Waals surface area (Å²) >= 11 is 0. The summed E-state index contributed by atoms with van der Waals surface area (Å²) in [5.74, 6) is 4.61. The molecule has 0 bridgehead atoms. The fourth-order valence-corrected chi connectivity index (χ4v) is 3.65. The molecule has 1 unspecified atom stereocenters. The van der Waals surface area contributed by atoms with Gasteiger partial charge in [-0.15, -0.1) is 0 Å². The van der Waals surface area contributed by atoms with E-state index >= 15 is 0 Å². The molecule has 1 aromatic rings. The molecule has 4 nitrogen and oxygen atoms in total. The van der Waals surface area contributed by atoms with Crippen molar-refractivity contribution in [3.63, 3.8) is 0 Å². The van der Waals surface area contributed by atoms with E-state index < -0.39 is 11.6 Å². The topological polar surface area (TPSA) is 54.2 Å². The lowest BCUT2D eigenvalue weighted by Gasteiger charge is -2.30. The zero-order valence-corrected chi connectivity index (χ0v) is 11.4. The van der Waals surface area contributed by atoms with E-state index in [4.69, 9.17) is 5.84 Å². The van der Waals surface area contributed by atoms with Crippen LogP contribution in [0.4, 0.5) is 20.4 Å². The Morgan fingerprint density at radius 2 is 1.90 bits per heavy atom. The maximum absolute atomic E-state index is 14.1. The summed E-state index contributed by atoms with van der Waals surface area (Å²) in [5, 5.41) is 0. The van der Waals surface area contributed by atoms with Crippen molar-refractivity contribution < 1.29 is 8.78 Å². The Hall–Kier alpha value is -1.43. The van der Waals surface area contributed by atoms with Gasteiger partial charge in [0.15, 0.2) is 23.3 Å². The molecule has 0 amide bonds. The molecule has 3 rings (SSSR count). The number of rotatable bonds is 3. The number of hydrogen-bond acceptors (Lipinski definition) is 4. The van der Waals surface area contributed by atoms with Gasteiger partial charge in [0, 0.05) is 18.7 Å². The molecule has 2 aliphatic rings. The zero-order chi connectivity index (χ0) is 14.1. The fourth-order valence-electron chi connectivity index (χ4n) is 3.65. The Kier molecular flexibility index (Phi) is 3.74. The van der Waals surface area contributed by atoms with E-state index in [0.29, 0.717) is 12.0 Å². The minimum absolute atomic E-state index is 0.0986. The highest BCUT2D eigenvalue weighted by atomic mass is 19.1. The van der Waals surface area contributed by atoms with Crippen molar-refractivity contribution in [2.75, 3.05) is 16.9 Å². The van der Waals surface area contributed by atoms with E-state index in [9.17, 15) is 8.78 Å². The Labute approximate surface area is 117 Å². The maximum Gasteiger partial charge on any atom is 0.178 e. The number of nitrogens with zero attached hydrogens (tertiary/aromatic N) is 2. The van der Waals surface area contributed by atoms with Crippen molar-refractivity contribution in [1.82, 2.24) is 4.98 Å². The predicted molar refractivity (Wildman–Crippen MR) is 74.3 cm³/mol. The second-order valence-corrected chi connectivity index (χ2v) is 5.72. The molecule has 20 heavy (non-hydrogen) atoms. The number of aromatic nitrogens is 1. The van der Waals surface area contributed by atoms with Gasteiger partial charge in [0.25, 0.3) is 0 Å². The fraction of sp³-hybridized carbons (Fsp3) is 0.643. The first-order valence-corrected chi connectivity index (χ1v) is 7.30. The van der Waals surface area contributed by atoms with Crippen molar-refractivity contribution in [3.05, 3.63) is 17.7 Å². The number of nitrogens with two attached hydrogens (primary N) is 1. The first-order chi connectivity index (χ1) is 9.70. The molecule has 0 radical (unpaired) electrons. The summed E-state index contributed by atoms with van der Waals surface area (Å²) in [6.07, 6.45) is 7.01. The molecular formula is C14H20F2N4. The molecule has 1 aliphatic carbocycles. The zero-order valence-electron chi connectivity index (χ0n) is 11.4. The predicted octanol–water partition coefficient (Wildman–Crippen LogP) is 2.80. The molecule has 2 fully saturated rings. The molecule has 1 atom stereocenters. The van der Waals surface area contributed by atoms with E-state index in [1.165, 1.54) is 25.7 Å². The van der Waals surface area contributed by atoms with Gasteiger partial charge in [-0.2, -0.15) is 0 Å². The normalized spacial score (nSPS) is 23.6. The van der Waals surface area contributed by atoms with Crippen LogP contribution in [0.5, 0.6) is 0 Å². The minimum atomic E-state index is -0.759. The molecule has 1 aliphatic heterocycles. The van der Waals surface area contributed by atoms with Crippen LogP contribution in [0.15, 0.2) is 6.07 Å². The van der Waals surface area contributed by atoms with Gasteiger partial charge in [-0.3, -0.25) is 0 Å². The van der Waals surface area contributed by atoms with E-state index in [1.807, 2.05) is 4.90 Å². The van der Waals surface area contributed by atoms with Gasteiger partial charge in [-0.25, -0.2) is 19.6 Å². The number of hydrazine groups is 1. The average Bonchev–Trinajstić information content (AvgIpc) is 3.09. The molecule has 110 valence electrons. The number of hydrogen-bond donors (Lipinski definition) is 2. The lowest BCUT2D eigenvalue weighted by molar-refractivity contribution is 0.425. The van der Waals surface area contributed by atoms with Crippen LogP contribution in [0.25, 0.3) is 0 Å². The van der Waals surface area contributed by atoms with Crippen LogP contribution in [-0.4, -0.2) is 17.6 Å². The molecule has 2 heterocycles. The Bertz CT molecular complexity index is 488. The van der Waals surface area contributed by atoms with Gasteiger partial charge in [-0.1, -0.05) is 12.8 Å². The van der Waals surface area contributed by atoms with Crippen LogP contribution in [0.3, 0.4) is 0 Å². The van der Waals surface area contributed by atoms with E-state index in [1.54, 1.807) is 0 Å². The number of halogens is 2. The van der Waals surface area contributed by atoms with E-state index in [0.717, 1.165) is 25.5 Å². The third-order valence-corrected chi connectivity index (χ3v) is 4.56. The summed E-state index contributed by atoms with van der Waals surface area (Å²) in [6, 6.07) is 1.19. The summed E-state index contributed by atoms with van der Waals surface area (Å²) in [6.45, 7) is 0.779. The standard InChI is InChI=1S/C14H20F2N4/c15-10-8-11(16)14(18-13(10)19-17)20-7-3-6-12(20)9-4-1-2-5-9/h8-9,12H,1-7,17H2,(H,18,19). The monoisotopic (exact) mass is 282 g/mol. The van der Waals surface area contributed by atoms with E-state index in [-0.39, 0.29) is 11.6 Å². The largest absolute Gasteiger partial charge is 0.351 e. The smallest absolute Gasteiger partial charge is 0.178 e. The number of pyridine rings is 1. The van der Waals surface area contributed by atoms with Crippen molar-refractivity contribution in [1.29, 1.82) is 0 Å². The first kappa shape index (κ1) is 13.5. The maximum atomic E-state index is 14.1. The Morgan fingerprint density at radius 1 is 1.15 bits per heavy atom. The van der Waals surface area contributed by atoms with Crippen LogP contribution in [-0.2, 0) is 0 Å². The highest BCUT2D eigenvalue weighted by Gasteiger charge is 2.35. The average molecular weight is 282 g/mol. The summed E-state index contributed by atoms with van der Waals surface area (Å²) < 4.78 is 27.5. The first-order valence-electron chi connectivity index (χ1n) is 7.30.